The van der Waals surface area contributed by atoms with Gasteiger partial charge in [0.05, 0.1) is 12.7 Å². The van der Waals surface area contributed by atoms with Crippen LogP contribution in [-0.2, 0) is 18.3 Å². The first kappa shape index (κ1) is 12.7. The lowest BCUT2D eigenvalue weighted by Crippen LogP contribution is -2.38. The number of hydrogen-bond donors (Lipinski definition) is 2. The lowest BCUT2D eigenvalue weighted by molar-refractivity contribution is -0.120. The Balaban J connectivity index is 2.10. The van der Waals surface area contributed by atoms with Gasteiger partial charge in [0.2, 0.25) is 5.91 Å². The Hall–Kier alpha value is -1.36. The molecule has 0 saturated heterocycles. The molecule has 2 N–H and O–H groups in total. The van der Waals surface area contributed by atoms with Crippen molar-refractivity contribution in [3.8, 4) is 0 Å². The number of aryl methyl sites for hydroxylation is 1. The summed E-state index contributed by atoms with van der Waals surface area (Å²) in [6, 6.07) is 0.202. The molecule has 90 valence electrons. The van der Waals surface area contributed by atoms with Crippen LogP contribution in [0.5, 0.6) is 0 Å². The molecular weight excluding hydrogens is 204 g/mol. The second-order valence-corrected chi connectivity index (χ2v) is 4.17. The van der Waals surface area contributed by atoms with Crippen LogP contribution in [0, 0.1) is 0 Å². The molecule has 0 unspecified atom stereocenters. The number of nitrogens with zero attached hydrogens (tertiary/aromatic N) is 2. The fourth-order valence-corrected chi connectivity index (χ4v) is 1.41. The van der Waals surface area contributed by atoms with Crippen LogP contribution in [0.2, 0.25) is 0 Å². The van der Waals surface area contributed by atoms with E-state index in [1.54, 1.807) is 4.68 Å². The lowest BCUT2D eigenvalue weighted by atomic mass is 10.2. The predicted molar refractivity (Wildman–Crippen MR) is 63.1 cm³/mol. The van der Waals surface area contributed by atoms with Crippen molar-refractivity contribution in [1.82, 2.24) is 20.4 Å². The monoisotopic (exact) mass is 224 g/mol. The average molecular weight is 224 g/mol. The van der Waals surface area contributed by atoms with E-state index in [4.69, 9.17) is 0 Å². The summed E-state index contributed by atoms with van der Waals surface area (Å²) in [5.41, 5.74) is 1.18. The molecule has 0 aromatic carbocycles. The Morgan fingerprint density at radius 2 is 2.31 bits per heavy atom. The first-order valence-electron chi connectivity index (χ1n) is 5.55. The van der Waals surface area contributed by atoms with Crippen molar-refractivity contribution in [2.75, 3.05) is 13.1 Å². The number of carbonyl (C=O) groups is 1. The van der Waals surface area contributed by atoms with Crippen LogP contribution >= 0.6 is 0 Å². The lowest BCUT2D eigenvalue weighted by Gasteiger charge is -2.08. The quantitative estimate of drug-likeness (QED) is 0.673. The first-order valence-corrected chi connectivity index (χ1v) is 5.55. The van der Waals surface area contributed by atoms with Gasteiger partial charge in [0.25, 0.3) is 0 Å². The molecule has 0 aliphatic rings. The number of amides is 1. The molecule has 1 amide bonds. The zero-order chi connectivity index (χ0) is 12.0. The molecule has 5 nitrogen and oxygen atoms in total. The van der Waals surface area contributed by atoms with Gasteiger partial charge in [-0.1, -0.05) is 0 Å². The topological polar surface area (TPSA) is 59.0 Å². The van der Waals surface area contributed by atoms with E-state index in [2.05, 4.69) is 15.7 Å². The van der Waals surface area contributed by atoms with E-state index in [-0.39, 0.29) is 11.9 Å². The van der Waals surface area contributed by atoms with Crippen LogP contribution in [0.1, 0.15) is 19.4 Å². The van der Waals surface area contributed by atoms with Crippen molar-refractivity contribution in [1.29, 1.82) is 0 Å². The fraction of sp³-hybridized carbons (Fsp3) is 0.636. The molecule has 0 radical (unpaired) electrons. The van der Waals surface area contributed by atoms with Gasteiger partial charge in [-0.15, -0.1) is 0 Å². The number of carbonyl (C=O) groups excluding carboxylic acids is 1. The third-order valence-electron chi connectivity index (χ3n) is 2.08. The van der Waals surface area contributed by atoms with Gasteiger partial charge in [-0.3, -0.25) is 9.48 Å². The molecule has 0 saturated carbocycles. The maximum atomic E-state index is 11.3. The molecule has 5 heteroatoms. The highest BCUT2D eigenvalue weighted by atomic mass is 16.1. The summed E-state index contributed by atoms with van der Waals surface area (Å²) in [6.45, 7) is 5.07. The maximum absolute atomic E-state index is 11.3. The largest absolute Gasteiger partial charge is 0.353 e. The summed E-state index contributed by atoms with van der Waals surface area (Å²) in [5.74, 6) is 0.0428. The van der Waals surface area contributed by atoms with Crippen molar-refractivity contribution in [3.05, 3.63) is 18.0 Å². The Labute approximate surface area is 96.2 Å². The number of hydrogen-bond acceptors (Lipinski definition) is 3. The van der Waals surface area contributed by atoms with Crippen molar-refractivity contribution < 1.29 is 4.79 Å². The van der Waals surface area contributed by atoms with E-state index >= 15 is 0 Å². The van der Waals surface area contributed by atoms with Gasteiger partial charge in [-0.25, -0.2) is 0 Å². The van der Waals surface area contributed by atoms with E-state index in [1.807, 2.05) is 33.3 Å². The maximum Gasteiger partial charge on any atom is 0.234 e. The van der Waals surface area contributed by atoms with Crippen LogP contribution in [0.3, 0.4) is 0 Å². The minimum atomic E-state index is 0.0428. The van der Waals surface area contributed by atoms with Crippen LogP contribution in [0.25, 0.3) is 0 Å². The van der Waals surface area contributed by atoms with Gasteiger partial charge in [0.1, 0.15) is 0 Å². The first-order chi connectivity index (χ1) is 7.58. The summed E-state index contributed by atoms with van der Waals surface area (Å²) >= 11 is 0. The zero-order valence-corrected chi connectivity index (χ0v) is 10.2. The van der Waals surface area contributed by atoms with Crippen molar-refractivity contribution >= 4 is 5.91 Å². The van der Waals surface area contributed by atoms with Gasteiger partial charge in [0, 0.05) is 19.3 Å². The van der Waals surface area contributed by atoms with E-state index in [0.29, 0.717) is 6.54 Å². The summed E-state index contributed by atoms with van der Waals surface area (Å²) in [5, 5.41) is 10.0. The van der Waals surface area contributed by atoms with Crippen molar-refractivity contribution in [2.24, 2.45) is 7.05 Å². The minimum absolute atomic E-state index is 0.0428. The number of rotatable bonds is 6. The molecule has 0 bridgehead atoms. The molecule has 0 spiro atoms. The molecule has 1 rings (SSSR count). The van der Waals surface area contributed by atoms with Gasteiger partial charge in [0.15, 0.2) is 0 Å². The molecule has 16 heavy (non-hydrogen) atoms. The number of aromatic nitrogens is 2. The van der Waals surface area contributed by atoms with E-state index in [9.17, 15) is 4.79 Å². The second kappa shape index (κ2) is 6.27. The Kier molecular flexibility index (Phi) is 4.98. The molecular formula is C11H20N4O. The predicted octanol–water partition coefficient (Wildman–Crippen LogP) is 0.0768. The highest BCUT2D eigenvalue weighted by Crippen LogP contribution is 1.95. The standard InChI is InChI=1S/C11H20N4O/c1-9(2)14-11(16)7-12-5-4-10-6-13-15(3)8-10/h6,8-9,12H,4-5,7H2,1-3H3,(H,14,16). The second-order valence-electron chi connectivity index (χ2n) is 4.17. The Morgan fingerprint density at radius 3 is 2.88 bits per heavy atom. The van der Waals surface area contributed by atoms with Gasteiger partial charge >= 0.3 is 0 Å². The van der Waals surface area contributed by atoms with E-state index in [1.165, 1.54) is 5.56 Å². The van der Waals surface area contributed by atoms with E-state index < -0.39 is 0 Å². The molecule has 1 aromatic rings. The zero-order valence-electron chi connectivity index (χ0n) is 10.2. The van der Waals surface area contributed by atoms with Crippen molar-refractivity contribution in [3.63, 3.8) is 0 Å². The molecule has 0 fully saturated rings. The number of nitrogens with one attached hydrogen (secondary N) is 2. The molecule has 0 aliphatic carbocycles. The third kappa shape index (κ3) is 4.93. The van der Waals surface area contributed by atoms with Gasteiger partial charge in [-0.2, -0.15) is 5.10 Å². The van der Waals surface area contributed by atoms with E-state index in [0.717, 1.165) is 13.0 Å². The summed E-state index contributed by atoms with van der Waals surface area (Å²) < 4.78 is 1.78. The Morgan fingerprint density at radius 1 is 1.56 bits per heavy atom. The van der Waals surface area contributed by atoms with Crippen LogP contribution in [-0.4, -0.2) is 34.8 Å². The van der Waals surface area contributed by atoms with Crippen molar-refractivity contribution in [2.45, 2.75) is 26.3 Å². The normalized spacial score (nSPS) is 10.8. The molecule has 1 heterocycles. The highest BCUT2D eigenvalue weighted by molar-refractivity contribution is 5.78. The highest BCUT2D eigenvalue weighted by Gasteiger charge is 2.02. The van der Waals surface area contributed by atoms with Crippen LogP contribution in [0.4, 0.5) is 0 Å². The Bertz CT molecular complexity index is 332. The van der Waals surface area contributed by atoms with Gasteiger partial charge < -0.3 is 10.6 Å². The fourth-order valence-electron chi connectivity index (χ4n) is 1.41. The average Bonchev–Trinajstić information content (AvgIpc) is 2.58. The third-order valence-corrected chi connectivity index (χ3v) is 2.08. The smallest absolute Gasteiger partial charge is 0.234 e. The molecule has 0 aliphatic heterocycles. The van der Waals surface area contributed by atoms with Crippen LogP contribution in [0.15, 0.2) is 12.4 Å². The summed E-state index contributed by atoms with van der Waals surface area (Å²) in [7, 11) is 1.90. The molecule has 1 aromatic heterocycles. The minimum Gasteiger partial charge on any atom is -0.353 e. The van der Waals surface area contributed by atoms with Crippen LogP contribution < -0.4 is 10.6 Å². The summed E-state index contributed by atoms with van der Waals surface area (Å²) in [6.07, 6.45) is 4.72. The SMILES string of the molecule is CC(C)NC(=O)CNCCc1cnn(C)c1. The molecule has 0 atom stereocenters. The summed E-state index contributed by atoms with van der Waals surface area (Å²) in [4.78, 5) is 11.3. The van der Waals surface area contributed by atoms with Gasteiger partial charge in [-0.05, 0) is 32.4 Å².